The number of anilines is 1. The van der Waals surface area contributed by atoms with Gasteiger partial charge in [-0.25, -0.2) is 9.97 Å². The number of hydrogen-bond donors (Lipinski definition) is 2. The Kier molecular flexibility index (Phi) is 5.11. The lowest BCUT2D eigenvalue weighted by Crippen LogP contribution is -2.36. The number of furan rings is 1. The summed E-state index contributed by atoms with van der Waals surface area (Å²) in [6.45, 7) is 3.88. The summed E-state index contributed by atoms with van der Waals surface area (Å²) in [6.07, 6.45) is 8.12. The summed E-state index contributed by atoms with van der Waals surface area (Å²) in [5.41, 5.74) is 2.87. The van der Waals surface area contributed by atoms with Crippen molar-refractivity contribution >= 4 is 11.9 Å². The number of piperidine rings is 1. The number of aryl methyl sites for hydroxylation is 2. The first-order valence-corrected chi connectivity index (χ1v) is 9.72. The Morgan fingerprint density at radius 1 is 1.37 bits per heavy atom. The van der Waals surface area contributed by atoms with Gasteiger partial charge >= 0.3 is 0 Å². The molecule has 1 atom stereocenters. The molecule has 3 heterocycles. The number of hydrogen-bond acceptors (Lipinski definition) is 6. The molecule has 4 rings (SSSR count). The van der Waals surface area contributed by atoms with E-state index < -0.39 is 0 Å². The lowest BCUT2D eigenvalue weighted by molar-refractivity contribution is 0.0903. The van der Waals surface area contributed by atoms with Crippen LogP contribution >= 0.6 is 0 Å². The Bertz CT molecular complexity index is 811. The van der Waals surface area contributed by atoms with Crippen molar-refractivity contribution < 1.29 is 14.3 Å². The minimum atomic E-state index is -0.189. The van der Waals surface area contributed by atoms with E-state index in [1.54, 1.807) is 6.07 Å². The third kappa shape index (κ3) is 3.69. The molecule has 1 amide bonds. The van der Waals surface area contributed by atoms with E-state index in [0.29, 0.717) is 11.7 Å². The zero-order valence-electron chi connectivity index (χ0n) is 15.6. The van der Waals surface area contributed by atoms with Gasteiger partial charge in [-0.3, -0.25) is 4.79 Å². The molecule has 7 nitrogen and oxygen atoms in total. The van der Waals surface area contributed by atoms with Crippen LogP contribution in [0.1, 0.15) is 59.1 Å². The summed E-state index contributed by atoms with van der Waals surface area (Å²) < 4.78 is 5.30. The van der Waals surface area contributed by atoms with Gasteiger partial charge in [0, 0.05) is 37.0 Å². The van der Waals surface area contributed by atoms with Gasteiger partial charge in [0.1, 0.15) is 0 Å². The first-order valence-electron chi connectivity index (χ1n) is 9.72. The van der Waals surface area contributed by atoms with Crippen LogP contribution in [-0.2, 0) is 6.42 Å². The van der Waals surface area contributed by atoms with E-state index in [2.05, 4.69) is 15.2 Å². The highest BCUT2D eigenvalue weighted by Gasteiger charge is 2.27. The number of aromatic nitrogens is 2. The van der Waals surface area contributed by atoms with Gasteiger partial charge in [-0.05, 0) is 51.0 Å². The molecule has 0 aromatic carbocycles. The number of fused-ring (bicyclic) bond motifs is 1. The van der Waals surface area contributed by atoms with E-state index >= 15 is 0 Å². The number of nitrogens with zero attached hydrogens (tertiary/aromatic N) is 3. The highest BCUT2D eigenvalue weighted by Crippen LogP contribution is 2.30. The van der Waals surface area contributed by atoms with Gasteiger partial charge in [-0.2, -0.15) is 0 Å². The van der Waals surface area contributed by atoms with Crippen LogP contribution in [0.15, 0.2) is 22.9 Å². The maximum Gasteiger partial charge on any atom is 0.287 e. The Hall–Kier alpha value is -2.41. The van der Waals surface area contributed by atoms with Crippen LogP contribution in [0, 0.1) is 12.8 Å². The number of carbonyl (C=O) groups is 1. The molecule has 2 aromatic heterocycles. The van der Waals surface area contributed by atoms with Crippen molar-refractivity contribution in [3.8, 4) is 0 Å². The van der Waals surface area contributed by atoms with E-state index in [4.69, 9.17) is 9.40 Å². The fourth-order valence-corrected chi connectivity index (χ4v) is 3.98. The number of rotatable bonds is 4. The van der Waals surface area contributed by atoms with Crippen molar-refractivity contribution in [1.82, 2.24) is 15.3 Å². The predicted molar refractivity (Wildman–Crippen MR) is 101 cm³/mol. The molecule has 0 spiro atoms. The maximum atomic E-state index is 12.5. The summed E-state index contributed by atoms with van der Waals surface area (Å²) in [5.74, 6) is 1.33. The molecule has 1 unspecified atom stereocenters. The van der Waals surface area contributed by atoms with Gasteiger partial charge < -0.3 is 19.7 Å². The van der Waals surface area contributed by atoms with Gasteiger partial charge in [0.15, 0.2) is 5.76 Å². The standard InChI is InChI=1S/C20H26N4O3/c1-13-7-10-27-18(13)19(26)22-16-3-2-4-17-15(16)11-21-20(23-17)24-8-5-14(12-25)6-9-24/h7,10-11,14,16,25H,2-6,8-9,12H2,1H3,(H,22,26). The normalized spacial score (nSPS) is 20.4. The predicted octanol–water partition coefficient (Wildman–Crippen LogP) is 2.39. The maximum absolute atomic E-state index is 12.5. The molecule has 0 saturated carbocycles. The first-order chi connectivity index (χ1) is 13.2. The van der Waals surface area contributed by atoms with Crippen LogP contribution in [0.2, 0.25) is 0 Å². The van der Waals surface area contributed by atoms with Crippen LogP contribution in [-0.4, -0.2) is 40.7 Å². The van der Waals surface area contributed by atoms with Crippen molar-refractivity contribution in [2.75, 3.05) is 24.6 Å². The highest BCUT2D eigenvalue weighted by atomic mass is 16.3. The van der Waals surface area contributed by atoms with E-state index in [0.717, 1.165) is 68.0 Å². The minimum absolute atomic E-state index is 0.0834. The van der Waals surface area contributed by atoms with Gasteiger partial charge in [-0.1, -0.05) is 0 Å². The Balaban J connectivity index is 1.49. The van der Waals surface area contributed by atoms with E-state index in [9.17, 15) is 9.90 Å². The zero-order chi connectivity index (χ0) is 18.8. The number of aliphatic hydroxyl groups excluding tert-OH is 1. The van der Waals surface area contributed by atoms with Crippen LogP contribution in [0.4, 0.5) is 5.95 Å². The second-order valence-electron chi connectivity index (χ2n) is 7.54. The molecule has 1 saturated heterocycles. The lowest BCUT2D eigenvalue weighted by Gasteiger charge is -2.32. The van der Waals surface area contributed by atoms with Gasteiger partial charge in [0.05, 0.1) is 18.0 Å². The number of carbonyl (C=O) groups excluding carboxylic acids is 1. The average molecular weight is 370 g/mol. The summed E-state index contributed by atoms with van der Waals surface area (Å²) in [4.78, 5) is 24.1. The van der Waals surface area contributed by atoms with Gasteiger partial charge in [0.25, 0.3) is 5.91 Å². The third-order valence-electron chi connectivity index (χ3n) is 5.70. The third-order valence-corrected chi connectivity index (χ3v) is 5.70. The SMILES string of the molecule is Cc1ccoc1C(=O)NC1CCCc2nc(N3CCC(CO)CC3)ncc21. The molecule has 2 N–H and O–H groups in total. The molecule has 1 fully saturated rings. The Labute approximate surface area is 158 Å². The Morgan fingerprint density at radius 3 is 2.89 bits per heavy atom. The fraction of sp³-hybridized carbons (Fsp3) is 0.550. The van der Waals surface area contributed by atoms with Crippen LogP contribution < -0.4 is 10.2 Å². The van der Waals surface area contributed by atoms with E-state index in [1.165, 1.54) is 6.26 Å². The van der Waals surface area contributed by atoms with Crippen LogP contribution in [0.5, 0.6) is 0 Å². The van der Waals surface area contributed by atoms with Crippen LogP contribution in [0.3, 0.4) is 0 Å². The molecule has 27 heavy (non-hydrogen) atoms. The second-order valence-corrected chi connectivity index (χ2v) is 7.54. The summed E-state index contributed by atoms with van der Waals surface area (Å²) in [6, 6.07) is 1.71. The molecule has 0 radical (unpaired) electrons. The van der Waals surface area contributed by atoms with Gasteiger partial charge in [0.2, 0.25) is 5.95 Å². The molecular formula is C20H26N4O3. The average Bonchev–Trinajstić information content (AvgIpc) is 3.14. The summed E-state index contributed by atoms with van der Waals surface area (Å²) in [5, 5.41) is 12.4. The summed E-state index contributed by atoms with van der Waals surface area (Å²) >= 11 is 0. The zero-order valence-corrected chi connectivity index (χ0v) is 15.6. The molecule has 1 aliphatic heterocycles. The van der Waals surface area contributed by atoms with Crippen molar-refractivity contribution in [2.45, 2.75) is 45.1 Å². The van der Waals surface area contributed by atoms with E-state index in [1.807, 2.05) is 13.1 Å². The topological polar surface area (TPSA) is 91.5 Å². The number of nitrogens with one attached hydrogen (secondary N) is 1. The van der Waals surface area contributed by atoms with E-state index in [-0.39, 0.29) is 18.6 Å². The minimum Gasteiger partial charge on any atom is -0.459 e. The van der Waals surface area contributed by atoms with Gasteiger partial charge in [-0.15, -0.1) is 0 Å². The first kappa shape index (κ1) is 18.0. The lowest BCUT2D eigenvalue weighted by atomic mass is 9.92. The second kappa shape index (κ2) is 7.68. The molecule has 2 aromatic rings. The monoisotopic (exact) mass is 370 g/mol. The van der Waals surface area contributed by atoms with Crippen molar-refractivity contribution in [3.05, 3.63) is 41.1 Å². The number of aliphatic hydroxyl groups is 1. The highest BCUT2D eigenvalue weighted by molar-refractivity contribution is 5.93. The molecule has 7 heteroatoms. The largest absolute Gasteiger partial charge is 0.459 e. The molecule has 0 bridgehead atoms. The number of amides is 1. The molecule has 144 valence electrons. The van der Waals surface area contributed by atoms with Crippen molar-refractivity contribution in [3.63, 3.8) is 0 Å². The molecule has 1 aliphatic carbocycles. The molecule has 2 aliphatic rings. The van der Waals surface area contributed by atoms with Crippen molar-refractivity contribution in [1.29, 1.82) is 0 Å². The van der Waals surface area contributed by atoms with Crippen molar-refractivity contribution in [2.24, 2.45) is 5.92 Å². The summed E-state index contributed by atoms with van der Waals surface area (Å²) in [7, 11) is 0. The van der Waals surface area contributed by atoms with Crippen LogP contribution in [0.25, 0.3) is 0 Å². The molecular weight excluding hydrogens is 344 g/mol. The quantitative estimate of drug-likeness (QED) is 0.859. The smallest absolute Gasteiger partial charge is 0.287 e. The fourth-order valence-electron chi connectivity index (χ4n) is 3.98. The Morgan fingerprint density at radius 2 is 2.19 bits per heavy atom.